The molecule has 0 saturated heterocycles. The lowest BCUT2D eigenvalue weighted by molar-refractivity contribution is 0.0942. The molecule has 118 valence electrons. The van der Waals surface area contributed by atoms with E-state index in [0.717, 1.165) is 25.0 Å². The van der Waals surface area contributed by atoms with Crippen molar-refractivity contribution in [1.29, 1.82) is 0 Å². The molecule has 0 atom stereocenters. The summed E-state index contributed by atoms with van der Waals surface area (Å²) >= 11 is 0. The highest BCUT2D eigenvalue weighted by Gasteiger charge is 2.20. The van der Waals surface area contributed by atoms with Crippen LogP contribution in [0.25, 0.3) is 0 Å². The Balaban J connectivity index is 3.05. The first kappa shape index (κ1) is 17.9. The Labute approximate surface area is 129 Å². The maximum absolute atomic E-state index is 13.9. The molecule has 1 N–H and O–H groups in total. The zero-order chi connectivity index (χ0) is 16.2. The molecule has 4 nitrogen and oxygen atoms in total. The summed E-state index contributed by atoms with van der Waals surface area (Å²) in [6.45, 7) is 5.85. The Bertz CT molecular complexity index is 627. The van der Waals surface area contributed by atoms with Gasteiger partial charge in [-0.05, 0) is 30.5 Å². The van der Waals surface area contributed by atoms with Crippen LogP contribution in [0.5, 0.6) is 0 Å². The third kappa shape index (κ3) is 4.68. The first-order valence-corrected chi connectivity index (χ1v) is 9.04. The highest BCUT2D eigenvalue weighted by atomic mass is 35.7. The van der Waals surface area contributed by atoms with E-state index in [1.165, 1.54) is 6.92 Å². The Morgan fingerprint density at radius 2 is 1.90 bits per heavy atom. The number of halogens is 2. The van der Waals surface area contributed by atoms with E-state index in [-0.39, 0.29) is 16.0 Å². The van der Waals surface area contributed by atoms with Gasteiger partial charge in [0.15, 0.2) is 0 Å². The van der Waals surface area contributed by atoms with Gasteiger partial charge < -0.3 is 5.32 Å². The minimum atomic E-state index is -4.02. The molecule has 7 heteroatoms. The van der Waals surface area contributed by atoms with Crippen molar-refractivity contribution in [3.8, 4) is 0 Å². The lowest BCUT2D eigenvalue weighted by atomic mass is 10.0. The SMILES string of the molecule is CCC(CC)CNC(=O)c1cc(S(=O)(=O)Cl)c(C)cc1F. The van der Waals surface area contributed by atoms with E-state index in [4.69, 9.17) is 10.7 Å². The fourth-order valence-electron chi connectivity index (χ4n) is 2.00. The zero-order valence-electron chi connectivity index (χ0n) is 12.2. The minimum Gasteiger partial charge on any atom is -0.352 e. The molecule has 0 spiro atoms. The highest BCUT2D eigenvalue weighted by molar-refractivity contribution is 8.13. The van der Waals surface area contributed by atoms with Crippen molar-refractivity contribution >= 4 is 25.6 Å². The molecule has 0 heterocycles. The predicted molar refractivity (Wildman–Crippen MR) is 80.6 cm³/mol. The summed E-state index contributed by atoms with van der Waals surface area (Å²) in [5.74, 6) is -1.10. The number of carbonyl (C=O) groups is 1. The summed E-state index contributed by atoms with van der Waals surface area (Å²) in [4.78, 5) is 11.8. The molecular weight excluding hydrogens is 317 g/mol. The van der Waals surface area contributed by atoms with E-state index in [1.807, 2.05) is 13.8 Å². The van der Waals surface area contributed by atoms with E-state index in [9.17, 15) is 17.6 Å². The number of nitrogens with one attached hydrogen (secondary N) is 1. The van der Waals surface area contributed by atoms with Gasteiger partial charge in [0, 0.05) is 17.2 Å². The van der Waals surface area contributed by atoms with Crippen LogP contribution in [-0.4, -0.2) is 20.9 Å². The number of carbonyl (C=O) groups excluding carboxylic acids is 1. The molecule has 1 aromatic rings. The van der Waals surface area contributed by atoms with Crippen molar-refractivity contribution in [2.24, 2.45) is 5.92 Å². The second kappa shape index (κ2) is 7.22. The fraction of sp³-hybridized carbons (Fsp3) is 0.500. The molecule has 0 aliphatic heterocycles. The number of benzene rings is 1. The van der Waals surface area contributed by atoms with Crippen molar-refractivity contribution in [1.82, 2.24) is 5.32 Å². The second-order valence-electron chi connectivity index (χ2n) is 4.93. The highest BCUT2D eigenvalue weighted by Crippen LogP contribution is 2.23. The van der Waals surface area contributed by atoms with Crippen molar-refractivity contribution in [2.75, 3.05) is 6.54 Å². The van der Waals surface area contributed by atoms with Crippen LogP contribution in [0.4, 0.5) is 4.39 Å². The van der Waals surface area contributed by atoms with Gasteiger partial charge in [-0.25, -0.2) is 12.8 Å². The van der Waals surface area contributed by atoms with Crippen molar-refractivity contribution in [3.63, 3.8) is 0 Å². The molecule has 0 aliphatic carbocycles. The quantitative estimate of drug-likeness (QED) is 0.812. The first-order valence-electron chi connectivity index (χ1n) is 6.73. The van der Waals surface area contributed by atoms with E-state index in [2.05, 4.69) is 5.32 Å². The van der Waals surface area contributed by atoms with E-state index < -0.39 is 20.8 Å². The van der Waals surface area contributed by atoms with Crippen LogP contribution in [0.2, 0.25) is 0 Å². The van der Waals surface area contributed by atoms with E-state index >= 15 is 0 Å². The van der Waals surface area contributed by atoms with Crippen LogP contribution in [0.1, 0.15) is 42.6 Å². The number of rotatable bonds is 6. The molecule has 0 unspecified atom stereocenters. The van der Waals surface area contributed by atoms with E-state index in [0.29, 0.717) is 12.5 Å². The summed E-state index contributed by atoms with van der Waals surface area (Å²) in [6, 6.07) is 1.98. The Morgan fingerprint density at radius 3 is 2.38 bits per heavy atom. The molecular formula is C14H19ClFNO3S. The van der Waals surface area contributed by atoms with Gasteiger partial charge in [0.1, 0.15) is 5.82 Å². The van der Waals surface area contributed by atoms with Gasteiger partial charge in [0.25, 0.3) is 15.0 Å². The van der Waals surface area contributed by atoms with Gasteiger partial charge in [-0.3, -0.25) is 4.79 Å². The predicted octanol–water partition coefficient (Wildman–Crippen LogP) is 3.23. The minimum absolute atomic E-state index is 0.166. The van der Waals surface area contributed by atoms with Gasteiger partial charge in [0.05, 0.1) is 10.5 Å². The summed E-state index contributed by atoms with van der Waals surface area (Å²) < 4.78 is 36.7. The van der Waals surface area contributed by atoms with Gasteiger partial charge in [-0.2, -0.15) is 0 Å². The summed E-state index contributed by atoms with van der Waals surface area (Å²) in [6.07, 6.45) is 1.79. The van der Waals surface area contributed by atoms with Crippen LogP contribution >= 0.6 is 10.7 Å². The number of aryl methyl sites for hydroxylation is 1. The largest absolute Gasteiger partial charge is 0.352 e. The van der Waals surface area contributed by atoms with Crippen molar-refractivity contribution < 1.29 is 17.6 Å². The standard InChI is InChI=1S/C14H19ClFNO3S/c1-4-10(5-2)8-17-14(18)11-7-13(21(15,19)20)9(3)6-12(11)16/h6-7,10H,4-5,8H2,1-3H3,(H,17,18). The van der Waals surface area contributed by atoms with Gasteiger partial charge >= 0.3 is 0 Å². The van der Waals surface area contributed by atoms with Crippen LogP contribution in [0.15, 0.2) is 17.0 Å². The Kier molecular flexibility index (Phi) is 6.16. The second-order valence-corrected chi connectivity index (χ2v) is 7.46. The fourth-order valence-corrected chi connectivity index (χ4v) is 3.20. The molecule has 0 fully saturated rings. The molecule has 0 aromatic heterocycles. The normalized spacial score (nSPS) is 11.7. The topological polar surface area (TPSA) is 63.2 Å². The maximum atomic E-state index is 13.9. The molecule has 1 amide bonds. The Hall–Kier alpha value is -1.14. The van der Waals surface area contributed by atoms with Crippen LogP contribution in [0, 0.1) is 18.7 Å². The van der Waals surface area contributed by atoms with Crippen LogP contribution in [-0.2, 0) is 9.05 Å². The van der Waals surface area contributed by atoms with Gasteiger partial charge in [-0.1, -0.05) is 26.7 Å². The third-order valence-corrected chi connectivity index (χ3v) is 4.94. The summed E-state index contributed by atoms with van der Waals surface area (Å²) in [7, 11) is 1.26. The number of hydrogen-bond acceptors (Lipinski definition) is 3. The van der Waals surface area contributed by atoms with E-state index in [1.54, 1.807) is 0 Å². The lowest BCUT2D eigenvalue weighted by Gasteiger charge is -2.14. The molecule has 1 rings (SSSR count). The van der Waals surface area contributed by atoms with Crippen LogP contribution < -0.4 is 5.32 Å². The Morgan fingerprint density at radius 1 is 1.33 bits per heavy atom. The lowest BCUT2D eigenvalue weighted by Crippen LogP contribution is -2.29. The van der Waals surface area contributed by atoms with Gasteiger partial charge in [-0.15, -0.1) is 0 Å². The van der Waals surface area contributed by atoms with Gasteiger partial charge in [0.2, 0.25) is 0 Å². The third-order valence-electron chi connectivity index (χ3n) is 3.48. The average molecular weight is 336 g/mol. The molecule has 21 heavy (non-hydrogen) atoms. The first-order chi connectivity index (χ1) is 9.70. The number of amides is 1. The summed E-state index contributed by atoms with van der Waals surface area (Å²) in [5.41, 5.74) is -0.148. The molecule has 0 bridgehead atoms. The number of hydrogen-bond donors (Lipinski definition) is 1. The monoisotopic (exact) mass is 335 g/mol. The van der Waals surface area contributed by atoms with Crippen molar-refractivity contribution in [2.45, 2.75) is 38.5 Å². The average Bonchev–Trinajstić information content (AvgIpc) is 2.38. The van der Waals surface area contributed by atoms with Crippen molar-refractivity contribution in [3.05, 3.63) is 29.1 Å². The molecule has 0 radical (unpaired) electrons. The zero-order valence-corrected chi connectivity index (χ0v) is 13.8. The smallest absolute Gasteiger partial charge is 0.261 e. The molecule has 0 aliphatic rings. The van der Waals surface area contributed by atoms with Crippen LogP contribution in [0.3, 0.4) is 0 Å². The summed E-state index contributed by atoms with van der Waals surface area (Å²) in [5, 5.41) is 2.62. The maximum Gasteiger partial charge on any atom is 0.261 e. The molecule has 0 saturated carbocycles. The molecule has 1 aromatic carbocycles.